The van der Waals surface area contributed by atoms with Crippen LogP contribution in [-0.4, -0.2) is 29.6 Å². The zero-order valence-corrected chi connectivity index (χ0v) is 9.12. The summed E-state index contributed by atoms with van der Waals surface area (Å²) < 4.78 is 0. The molecule has 0 bridgehead atoms. The maximum absolute atomic E-state index is 8.54. The summed E-state index contributed by atoms with van der Waals surface area (Å²) in [5.74, 6) is 0.754. The van der Waals surface area contributed by atoms with E-state index in [2.05, 4.69) is 18.0 Å². The Balaban J connectivity index is 3.62. The van der Waals surface area contributed by atoms with E-state index >= 15 is 0 Å². The summed E-state index contributed by atoms with van der Waals surface area (Å²) in [7, 11) is 5.01. The van der Waals surface area contributed by atoms with E-state index in [1.165, 1.54) is 0 Å². The summed E-state index contributed by atoms with van der Waals surface area (Å²) in [5.41, 5.74) is 0. The smallest absolute Gasteiger partial charge is 0.100 e. The van der Waals surface area contributed by atoms with Crippen molar-refractivity contribution in [3.8, 4) is 0 Å². The van der Waals surface area contributed by atoms with Crippen molar-refractivity contribution in [1.29, 1.82) is 0 Å². The molecule has 0 fully saturated rings. The van der Waals surface area contributed by atoms with E-state index in [1.54, 1.807) is 28.6 Å². The highest BCUT2D eigenvalue weighted by atomic mass is 33.1. The molecule has 0 aliphatic heterocycles. The number of allylic oxidation sites excluding steroid dienone is 1. The lowest BCUT2D eigenvalue weighted by Gasteiger charge is -1.97. The van der Waals surface area contributed by atoms with Gasteiger partial charge in [0.05, 0.1) is 6.61 Å². The first kappa shape index (κ1) is 12.1. The molecule has 0 heterocycles. The van der Waals surface area contributed by atoms with Crippen molar-refractivity contribution in [1.82, 2.24) is 0 Å². The van der Waals surface area contributed by atoms with Crippen LogP contribution in [0.5, 0.6) is 0 Å². The molecule has 0 atom stereocenters. The molecular weight excluding hydrogens is 190 g/mol. The second kappa shape index (κ2) is 9.16. The zero-order valence-electron chi connectivity index (χ0n) is 7.49. The van der Waals surface area contributed by atoms with Crippen LogP contribution in [0.2, 0.25) is 0 Å². The lowest BCUT2D eigenvalue weighted by atomic mass is 10.4. The molecule has 0 aromatic rings. The van der Waals surface area contributed by atoms with Crippen molar-refractivity contribution in [2.24, 2.45) is 4.99 Å². The highest BCUT2D eigenvalue weighted by Gasteiger charge is 1.93. The summed E-state index contributed by atoms with van der Waals surface area (Å²) in [6, 6.07) is 0. The predicted molar refractivity (Wildman–Crippen MR) is 59.9 cm³/mol. The predicted octanol–water partition coefficient (Wildman–Crippen LogP) is 2.35. The number of aliphatic hydroxyl groups excluding tert-OH is 1. The van der Waals surface area contributed by atoms with Crippen LogP contribution in [0.1, 0.15) is 13.3 Å². The molecule has 0 spiro atoms. The van der Waals surface area contributed by atoms with Crippen molar-refractivity contribution in [2.45, 2.75) is 13.3 Å². The van der Waals surface area contributed by atoms with Crippen LogP contribution in [0.25, 0.3) is 0 Å². The Morgan fingerprint density at radius 1 is 1.58 bits per heavy atom. The highest BCUT2D eigenvalue weighted by Crippen LogP contribution is 2.22. The Bertz CT molecular complexity index is 157. The molecule has 0 unspecified atom stereocenters. The second-order valence-electron chi connectivity index (χ2n) is 2.00. The van der Waals surface area contributed by atoms with Gasteiger partial charge in [-0.15, -0.1) is 0 Å². The average Bonchev–Trinajstić information content (AvgIpc) is 2.11. The van der Waals surface area contributed by atoms with Gasteiger partial charge in [0.25, 0.3) is 0 Å². The quantitative estimate of drug-likeness (QED) is 0.324. The number of hydrogen-bond acceptors (Lipinski definition) is 4. The summed E-state index contributed by atoms with van der Waals surface area (Å²) >= 11 is 0. The van der Waals surface area contributed by atoms with E-state index in [0.29, 0.717) is 0 Å². The largest absolute Gasteiger partial charge is 0.395 e. The third kappa shape index (κ3) is 6.76. The second-order valence-corrected chi connectivity index (χ2v) is 4.44. The molecule has 0 aromatic carbocycles. The minimum atomic E-state index is 0.228. The average molecular weight is 205 g/mol. The van der Waals surface area contributed by atoms with Crippen molar-refractivity contribution >= 4 is 26.6 Å². The Morgan fingerprint density at radius 3 is 2.83 bits per heavy atom. The van der Waals surface area contributed by atoms with E-state index in [-0.39, 0.29) is 6.61 Å². The monoisotopic (exact) mass is 205 g/mol. The lowest BCUT2D eigenvalue weighted by molar-refractivity contribution is 0.323. The molecule has 70 valence electrons. The molecule has 0 saturated carbocycles. The zero-order chi connectivity index (χ0) is 9.23. The molecule has 12 heavy (non-hydrogen) atoms. The van der Waals surface area contributed by atoms with Gasteiger partial charge in [0, 0.05) is 12.8 Å². The van der Waals surface area contributed by atoms with Gasteiger partial charge in [0.15, 0.2) is 0 Å². The third-order valence-electron chi connectivity index (χ3n) is 1.04. The van der Waals surface area contributed by atoms with Crippen molar-refractivity contribution in [2.75, 3.05) is 19.4 Å². The topological polar surface area (TPSA) is 32.6 Å². The first-order valence-corrected chi connectivity index (χ1v) is 6.20. The summed E-state index contributed by atoms with van der Waals surface area (Å²) in [6.45, 7) is 2.32. The van der Waals surface area contributed by atoms with E-state index in [0.717, 1.165) is 17.2 Å². The van der Waals surface area contributed by atoms with Crippen LogP contribution >= 0.6 is 21.6 Å². The van der Waals surface area contributed by atoms with Crippen LogP contribution in [0, 0.1) is 0 Å². The summed E-state index contributed by atoms with van der Waals surface area (Å²) in [6.07, 6.45) is 5.12. The maximum atomic E-state index is 8.54. The Morgan fingerprint density at radius 2 is 2.33 bits per heavy atom. The maximum Gasteiger partial charge on any atom is 0.100 e. The molecule has 0 radical (unpaired) electrons. The standard InChI is InChI=1S/C8H15NOS2/c1-3-4-5-8(9-2)12-11-7-6-10/h4-5,10H,3,6-7H2,1-2H3/b5-4-,9-8?. The molecule has 0 saturated heterocycles. The number of aliphatic hydroxyl groups is 1. The van der Waals surface area contributed by atoms with Gasteiger partial charge < -0.3 is 5.11 Å². The molecule has 1 N–H and O–H groups in total. The van der Waals surface area contributed by atoms with Crippen LogP contribution in [0.3, 0.4) is 0 Å². The van der Waals surface area contributed by atoms with Crippen LogP contribution < -0.4 is 0 Å². The molecular formula is C8H15NOS2. The fraction of sp³-hybridized carbons (Fsp3) is 0.625. The normalized spacial score (nSPS) is 12.8. The van der Waals surface area contributed by atoms with Gasteiger partial charge in [-0.1, -0.05) is 23.8 Å². The summed E-state index contributed by atoms with van der Waals surface area (Å²) in [5, 5.41) is 9.55. The van der Waals surface area contributed by atoms with Gasteiger partial charge >= 0.3 is 0 Å². The molecule has 0 aliphatic rings. The molecule has 4 heteroatoms. The fourth-order valence-corrected chi connectivity index (χ4v) is 2.23. The Kier molecular flexibility index (Phi) is 9.21. The van der Waals surface area contributed by atoms with Crippen LogP contribution in [-0.2, 0) is 0 Å². The van der Waals surface area contributed by atoms with Gasteiger partial charge in [-0.2, -0.15) is 0 Å². The van der Waals surface area contributed by atoms with Gasteiger partial charge in [-0.05, 0) is 23.3 Å². The van der Waals surface area contributed by atoms with Crippen molar-refractivity contribution in [3.05, 3.63) is 12.2 Å². The van der Waals surface area contributed by atoms with E-state index < -0.39 is 0 Å². The van der Waals surface area contributed by atoms with Crippen LogP contribution in [0.15, 0.2) is 17.1 Å². The number of nitrogens with zero attached hydrogens (tertiary/aromatic N) is 1. The van der Waals surface area contributed by atoms with Gasteiger partial charge in [0.2, 0.25) is 0 Å². The lowest BCUT2D eigenvalue weighted by Crippen LogP contribution is -1.86. The minimum Gasteiger partial charge on any atom is -0.395 e. The summed E-state index contributed by atoms with van der Waals surface area (Å²) in [4.78, 5) is 4.09. The van der Waals surface area contributed by atoms with Crippen molar-refractivity contribution in [3.63, 3.8) is 0 Å². The molecule has 0 amide bonds. The Labute approximate surface area is 81.9 Å². The van der Waals surface area contributed by atoms with Gasteiger partial charge in [0.1, 0.15) is 5.04 Å². The fourth-order valence-electron chi connectivity index (χ4n) is 0.498. The molecule has 0 aromatic heterocycles. The minimum absolute atomic E-state index is 0.228. The third-order valence-corrected chi connectivity index (χ3v) is 3.36. The Hall–Kier alpha value is 0.0700. The number of hydrogen-bond donors (Lipinski definition) is 1. The van der Waals surface area contributed by atoms with Crippen LogP contribution in [0.4, 0.5) is 0 Å². The first-order chi connectivity index (χ1) is 5.85. The van der Waals surface area contributed by atoms with E-state index in [4.69, 9.17) is 5.11 Å². The van der Waals surface area contributed by atoms with E-state index in [9.17, 15) is 0 Å². The van der Waals surface area contributed by atoms with Crippen molar-refractivity contribution < 1.29 is 5.11 Å². The van der Waals surface area contributed by atoms with E-state index in [1.807, 2.05) is 6.08 Å². The molecule has 2 nitrogen and oxygen atoms in total. The first-order valence-electron chi connectivity index (χ1n) is 3.88. The highest BCUT2D eigenvalue weighted by molar-refractivity contribution is 8.82. The molecule has 0 rings (SSSR count). The molecule has 0 aliphatic carbocycles. The number of rotatable bonds is 5. The number of aliphatic imine (C=N–C) groups is 1. The van der Waals surface area contributed by atoms with Gasteiger partial charge in [-0.25, -0.2) is 0 Å². The SMILES string of the molecule is CC/C=C\C(=NC)SSCCO. The van der Waals surface area contributed by atoms with Gasteiger partial charge in [-0.3, -0.25) is 4.99 Å².